The van der Waals surface area contributed by atoms with Gasteiger partial charge in [-0.15, -0.1) is 0 Å². The molecule has 0 aliphatic carbocycles. The fraction of sp³-hybridized carbons (Fsp3) is 0.333. The van der Waals surface area contributed by atoms with Crippen molar-refractivity contribution in [2.24, 2.45) is 0 Å². The van der Waals surface area contributed by atoms with Crippen LogP contribution in [-0.4, -0.2) is 5.78 Å². The zero-order chi connectivity index (χ0) is 14.5. The molecule has 2 nitrogen and oxygen atoms in total. The van der Waals surface area contributed by atoms with E-state index in [0.29, 0.717) is 13.0 Å². The van der Waals surface area contributed by atoms with Crippen LogP contribution in [0, 0.1) is 13.8 Å². The van der Waals surface area contributed by atoms with Crippen molar-refractivity contribution in [2.45, 2.75) is 40.2 Å². The number of Topliss-reactive ketones (excluding diaryl/α,β-unsaturated/α-hetero) is 1. The number of hydrogen-bond donors (Lipinski definition) is 0. The minimum Gasteiger partial charge on any atom is -1.00 e. The van der Waals surface area contributed by atoms with Crippen LogP contribution >= 0.6 is 0 Å². The van der Waals surface area contributed by atoms with E-state index >= 15 is 0 Å². The van der Waals surface area contributed by atoms with Crippen LogP contribution in [0.1, 0.15) is 29.2 Å². The van der Waals surface area contributed by atoms with Gasteiger partial charge < -0.3 is 17.0 Å². The molecular formula is C18H22BrNO. The Morgan fingerprint density at radius 3 is 2.38 bits per heavy atom. The zero-order valence-electron chi connectivity index (χ0n) is 12.9. The molecule has 0 spiro atoms. The van der Waals surface area contributed by atoms with E-state index in [1.54, 1.807) is 0 Å². The molecule has 0 aliphatic rings. The number of rotatable bonds is 5. The maximum Gasteiger partial charge on any atom is 0.206 e. The van der Waals surface area contributed by atoms with Gasteiger partial charge in [-0.3, -0.25) is 4.79 Å². The zero-order valence-corrected chi connectivity index (χ0v) is 14.5. The standard InChI is InChI=1S/C18H22NO.BrH/c1-4-16-9-6-10-19(12-16)13-17(20)11-18-14(2)7-5-8-15(18)3;/h5-10,12H,4,11,13H2,1-3H3;1H/q+1;/p-1. The fourth-order valence-corrected chi connectivity index (χ4v) is 2.47. The molecule has 0 saturated carbocycles. The second-order valence-corrected chi connectivity index (χ2v) is 5.32. The lowest BCUT2D eigenvalue weighted by Crippen LogP contribution is -3.00. The number of benzene rings is 1. The summed E-state index contributed by atoms with van der Waals surface area (Å²) in [6.07, 6.45) is 5.53. The number of aryl methyl sites for hydroxylation is 3. The highest BCUT2D eigenvalue weighted by Crippen LogP contribution is 2.14. The molecule has 0 unspecified atom stereocenters. The molecule has 0 amide bonds. The predicted molar refractivity (Wildman–Crippen MR) is 80.6 cm³/mol. The summed E-state index contributed by atoms with van der Waals surface area (Å²) in [7, 11) is 0. The second kappa shape index (κ2) is 8.08. The van der Waals surface area contributed by atoms with Crippen LogP contribution in [0.15, 0.2) is 42.7 Å². The van der Waals surface area contributed by atoms with Crippen LogP contribution in [0.5, 0.6) is 0 Å². The molecule has 2 aromatic rings. The van der Waals surface area contributed by atoms with Crippen molar-refractivity contribution in [2.75, 3.05) is 0 Å². The van der Waals surface area contributed by atoms with Gasteiger partial charge in [-0.1, -0.05) is 25.1 Å². The number of ketones is 1. The Morgan fingerprint density at radius 2 is 1.76 bits per heavy atom. The number of carbonyl (C=O) groups excluding carboxylic acids is 1. The summed E-state index contributed by atoms with van der Waals surface area (Å²) < 4.78 is 1.98. The van der Waals surface area contributed by atoms with E-state index in [-0.39, 0.29) is 22.8 Å². The summed E-state index contributed by atoms with van der Waals surface area (Å²) in [5, 5.41) is 0. The molecule has 0 aliphatic heterocycles. The highest BCUT2D eigenvalue weighted by atomic mass is 79.9. The number of pyridine rings is 1. The summed E-state index contributed by atoms with van der Waals surface area (Å²) >= 11 is 0. The van der Waals surface area contributed by atoms with Gasteiger partial charge >= 0.3 is 0 Å². The average Bonchev–Trinajstić information content (AvgIpc) is 2.43. The number of halogens is 1. The Hall–Kier alpha value is -1.48. The molecule has 1 aromatic heterocycles. The fourth-order valence-electron chi connectivity index (χ4n) is 2.47. The van der Waals surface area contributed by atoms with E-state index in [0.717, 1.165) is 6.42 Å². The maximum atomic E-state index is 12.3. The highest BCUT2D eigenvalue weighted by Gasteiger charge is 2.13. The number of carbonyl (C=O) groups is 1. The lowest BCUT2D eigenvalue weighted by Gasteiger charge is -2.07. The van der Waals surface area contributed by atoms with Gasteiger partial charge in [-0.2, -0.15) is 4.57 Å². The summed E-state index contributed by atoms with van der Waals surface area (Å²) in [6.45, 7) is 6.71. The maximum absolute atomic E-state index is 12.3. The number of hydrogen-bond acceptors (Lipinski definition) is 1. The predicted octanol–water partition coefficient (Wildman–Crippen LogP) is -0.0309. The van der Waals surface area contributed by atoms with E-state index in [4.69, 9.17) is 0 Å². The van der Waals surface area contributed by atoms with Crippen LogP contribution in [0.2, 0.25) is 0 Å². The number of aromatic nitrogens is 1. The lowest BCUT2D eigenvalue weighted by molar-refractivity contribution is -0.684. The first-order valence-corrected chi connectivity index (χ1v) is 7.15. The van der Waals surface area contributed by atoms with Crippen molar-refractivity contribution in [3.63, 3.8) is 0 Å². The summed E-state index contributed by atoms with van der Waals surface area (Å²) in [6, 6.07) is 10.3. The third kappa shape index (κ3) is 4.78. The third-order valence-corrected chi connectivity index (χ3v) is 3.71. The van der Waals surface area contributed by atoms with Crippen LogP contribution in [0.3, 0.4) is 0 Å². The molecule has 21 heavy (non-hydrogen) atoms. The summed E-state index contributed by atoms with van der Waals surface area (Å²) in [5.74, 6) is 0.251. The van der Waals surface area contributed by atoms with Gasteiger partial charge in [-0.05, 0) is 43.0 Å². The van der Waals surface area contributed by atoms with Gasteiger partial charge in [-0.25, -0.2) is 0 Å². The Bertz CT molecular complexity index is 602. The Labute approximate surface area is 137 Å². The van der Waals surface area contributed by atoms with Gasteiger partial charge in [0.1, 0.15) is 0 Å². The van der Waals surface area contributed by atoms with Gasteiger partial charge in [0.25, 0.3) is 0 Å². The minimum absolute atomic E-state index is 0. The van der Waals surface area contributed by atoms with Crippen molar-refractivity contribution in [1.29, 1.82) is 0 Å². The van der Waals surface area contributed by atoms with Crippen LogP contribution < -0.4 is 21.5 Å². The third-order valence-electron chi connectivity index (χ3n) is 3.71. The first-order valence-electron chi connectivity index (χ1n) is 7.15. The van der Waals surface area contributed by atoms with E-state index < -0.39 is 0 Å². The van der Waals surface area contributed by atoms with E-state index in [1.807, 2.05) is 22.9 Å². The molecule has 0 saturated heterocycles. The van der Waals surface area contributed by atoms with Crippen molar-refractivity contribution in [3.8, 4) is 0 Å². The Kier molecular flexibility index (Phi) is 6.76. The normalized spacial score (nSPS) is 10.0. The SMILES string of the molecule is CCc1ccc[n+](CC(=O)Cc2c(C)cccc2C)c1.[Br-]. The molecule has 0 N–H and O–H groups in total. The van der Waals surface area contributed by atoms with Crippen molar-refractivity contribution in [1.82, 2.24) is 0 Å². The van der Waals surface area contributed by atoms with Crippen LogP contribution in [-0.2, 0) is 24.2 Å². The molecule has 112 valence electrons. The van der Waals surface area contributed by atoms with Gasteiger partial charge in [0.05, 0.1) is 0 Å². The smallest absolute Gasteiger partial charge is 0.206 e. The first kappa shape index (κ1) is 17.6. The first-order chi connectivity index (χ1) is 9.60. The van der Waals surface area contributed by atoms with Gasteiger partial charge in [0.15, 0.2) is 12.4 Å². The van der Waals surface area contributed by atoms with Gasteiger partial charge in [0, 0.05) is 18.1 Å². The topological polar surface area (TPSA) is 20.9 Å². The minimum atomic E-state index is 0. The van der Waals surface area contributed by atoms with E-state index in [9.17, 15) is 4.79 Å². The highest BCUT2D eigenvalue weighted by molar-refractivity contribution is 5.80. The summed E-state index contributed by atoms with van der Waals surface area (Å²) in [4.78, 5) is 12.3. The molecular weight excluding hydrogens is 326 g/mol. The molecule has 2 rings (SSSR count). The molecule has 1 heterocycles. The Morgan fingerprint density at radius 1 is 1.10 bits per heavy atom. The van der Waals surface area contributed by atoms with E-state index in [2.05, 4.69) is 45.2 Å². The van der Waals surface area contributed by atoms with Crippen molar-refractivity contribution < 1.29 is 26.3 Å². The largest absolute Gasteiger partial charge is 1.00 e. The van der Waals surface area contributed by atoms with Crippen molar-refractivity contribution >= 4 is 5.78 Å². The lowest BCUT2D eigenvalue weighted by atomic mass is 9.98. The molecule has 3 heteroatoms. The number of nitrogens with zero attached hydrogens (tertiary/aromatic N) is 1. The average molecular weight is 348 g/mol. The van der Waals surface area contributed by atoms with Crippen LogP contribution in [0.4, 0.5) is 0 Å². The molecule has 0 atom stereocenters. The van der Waals surface area contributed by atoms with Gasteiger partial charge in [0.2, 0.25) is 12.3 Å². The molecule has 0 bridgehead atoms. The quantitative estimate of drug-likeness (QED) is 0.696. The monoisotopic (exact) mass is 347 g/mol. The van der Waals surface area contributed by atoms with E-state index in [1.165, 1.54) is 22.3 Å². The summed E-state index contributed by atoms with van der Waals surface area (Å²) in [5.41, 5.74) is 4.83. The molecule has 0 radical (unpaired) electrons. The Balaban J connectivity index is 0.00000220. The second-order valence-electron chi connectivity index (χ2n) is 5.32. The van der Waals surface area contributed by atoms with Crippen LogP contribution in [0.25, 0.3) is 0 Å². The molecule has 1 aromatic carbocycles. The molecule has 0 fully saturated rings. The van der Waals surface area contributed by atoms with Crippen molar-refractivity contribution in [3.05, 3.63) is 65.0 Å².